The fraction of sp³-hybridized carbons (Fsp3) is 0.632. The molecule has 6 nitrogen and oxygen atoms in total. The van der Waals surface area contributed by atoms with Crippen LogP contribution in [0, 0.1) is 19.8 Å². The number of benzene rings is 1. The van der Waals surface area contributed by atoms with E-state index in [1.165, 1.54) is 0 Å². The van der Waals surface area contributed by atoms with E-state index in [4.69, 9.17) is 0 Å². The number of likely N-dealkylation sites (N-methyl/N-ethyl adjacent to an activating group) is 2. The molecular formula is C19H32ClN3O3S. The Balaban J connectivity index is 0.00000364. The summed E-state index contributed by atoms with van der Waals surface area (Å²) in [6.45, 7) is 8.16. The second kappa shape index (κ2) is 9.87. The first-order valence-electron chi connectivity index (χ1n) is 9.20. The molecule has 154 valence electrons. The molecule has 0 saturated carbocycles. The van der Waals surface area contributed by atoms with Crippen LogP contribution in [0.4, 0.5) is 0 Å². The van der Waals surface area contributed by atoms with E-state index in [0.717, 1.165) is 24.0 Å². The molecule has 1 aliphatic rings. The van der Waals surface area contributed by atoms with Crippen LogP contribution in [0.25, 0.3) is 0 Å². The lowest BCUT2D eigenvalue weighted by Crippen LogP contribution is -2.38. The summed E-state index contributed by atoms with van der Waals surface area (Å²) in [6, 6.07) is 3.33. The van der Waals surface area contributed by atoms with Gasteiger partial charge in [-0.15, -0.1) is 12.4 Å². The third kappa shape index (κ3) is 5.44. The number of carbonyl (C=O) groups is 1. The van der Waals surface area contributed by atoms with Gasteiger partial charge in [0.1, 0.15) is 0 Å². The summed E-state index contributed by atoms with van der Waals surface area (Å²) >= 11 is 0. The van der Waals surface area contributed by atoms with Gasteiger partial charge in [-0.25, -0.2) is 8.42 Å². The molecule has 8 heteroatoms. The minimum absolute atomic E-state index is 0. The van der Waals surface area contributed by atoms with Crippen LogP contribution in [0.3, 0.4) is 0 Å². The van der Waals surface area contributed by atoms with Gasteiger partial charge in [0, 0.05) is 38.8 Å². The number of nitrogens with zero attached hydrogens (tertiary/aromatic N) is 2. The number of nitrogens with one attached hydrogen (secondary N) is 1. The zero-order chi connectivity index (χ0) is 19.5. The highest BCUT2D eigenvalue weighted by molar-refractivity contribution is 7.89. The highest BCUT2D eigenvalue weighted by Gasteiger charge is 2.30. The Kier molecular flexibility index (Phi) is 8.73. The van der Waals surface area contributed by atoms with E-state index in [-0.39, 0.29) is 23.2 Å². The van der Waals surface area contributed by atoms with Gasteiger partial charge in [0.05, 0.1) is 4.90 Å². The Bertz CT molecular complexity index is 760. The van der Waals surface area contributed by atoms with E-state index in [1.54, 1.807) is 28.4 Å². The van der Waals surface area contributed by atoms with Crippen molar-refractivity contribution < 1.29 is 13.2 Å². The lowest BCUT2D eigenvalue weighted by Gasteiger charge is -2.30. The summed E-state index contributed by atoms with van der Waals surface area (Å²) < 4.78 is 27.9. The van der Waals surface area contributed by atoms with Gasteiger partial charge in [-0.3, -0.25) is 4.79 Å². The van der Waals surface area contributed by atoms with Crippen LogP contribution < -0.4 is 5.32 Å². The number of piperidine rings is 1. The predicted octanol–water partition coefficient (Wildman–Crippen LogP) is 2.44. The molecule has 1 saturated heterocycles. The second-order valence-corrected chi connectivity index (χ2v) is 9.24. The van der Waals surface area contributed by atoms with Crippen molar-refractivity contribution in [2.75, 3.05) is 40.3 Å². The van der Waals surface area contributed by atoms with E-state index >= 15 is 0 Å². The minimum atomic E-state index is -3.59. The SMILES string of the molecule is CNCCN(C)C(=O)c1cc(C)c(C)c(S(=O)(=O)N2CCC(C)CC2)c1.Cl. The van der Waals surface area contributed by atoms with Crippen LogP contribution in [0.15, 0.2) is 17.0 Å². The van der Waals surface area contributed by atoms with Crippen molar-refractivity contribution in [3.63, 3.8) is 0 Å². The smallest absolute Gasteiger partial charge is 0.253 e. The Morgan fingerprint density at radius 3 is 2.41 bits per heavy atom. The van der Waals surface area contributed by atoms with E-state index in [9.17, 15) is 13.2 Å². The van der Waals surface area contributed by atoms with Crippen LogP contribution >= 0.6 is 12.4 Å². The van der Waals surface area contributed by atoms with Crippen molar-refractivity contribution >= 4 is 28.3 Å². The Morgan fingerprint density at radius 2 is 1.85 bits per heavy atom. The third-order valence-electron chi connectivity index (χ3n) is 5.27. The first-order chi connectivity index (χ1) is 12.2. The second-order valence-electron chi connectivity index (χ2n) is 7.33. The number of sulfonamides is 1. The molecule has 2 rings (SSSR count). The molecule has 1 aliphatic heterocycles. The monoisotopic (exact) mass is 417 g/mol. The normalized spacial score (nSPS) is 16.0. The van der Waals surface area contributed by atoms with Gasteiger partial charge in [-0.1, -0.05) is 6.92 Å². The van der Waals surface area contributed by atoms with Crippen molar-refractivity contribution in [3.05, 3.63) is 28.8 Å². The van der Waals surface area contributed by atoms with Crippen molar-refractivity contribution in [2.24, 2.45) is 5.92 Å². The van der Waals surface area contributed by atoms with Crippen LogP contribution in [0.1, 0.15) is 41.3 Å². The van der Waals surface area contributed by atoms with Gasteiger partial charge in [0.25, 0.3) is 5.91 Å². The number of amides is 1. The maximum absolute atomic E-state index is 13.2. The van der Waals surface area contributed by atoms with Crippen molar-refractivity contribution in [1.29, 1.82) is 0 Å². The molecule has 0 aromatic heterocycles. The maximum Gasteiger partial charge on any atom is 0.253 e. The van der Waals surface area contributed by atoms with Gasteiger partial charge < -0.3 is 10.2 Å². The summed E-state index contributed by atoms with van der Waals surface area (Å²) in [4.78, 5) is 14.6. The zero-order valence-corrected chi connectivity index (χ0v) is 18.5. The number of carbonyl (C=O) groups excluding carboxylic acids is 1. The maximum atomic E-state index is 13.2. The molecule has 0 radical (unpaired) electrons. The molecule has 0 spiro atoms. The Hall–Kier alpha value is -1.15. The lowest BCUT2D eigenvalue weighted by atomic mass is 10.0. The van der Waals surface area contributed by atoms with Gasteiger partial charge in [0.2, 0.25) is 10.0 Å². The summed E-state index contributed by atoms with van der Waals surface area (Å²) in [6.07, 6.45) is 1.76. The average molecular weight is 418 g/mol. The molecule has 1 N–H and O–H groups in total. The number of halogens is 1. The summed E-state index contributed by atoms with van der Waals surface area (Å²) in [5.74, 6) is 0.394. The molecule has 1 heterocycles. The molecule has 0 unspecified atom stereocenters. The van der Waals surface area contributed by atoms with Crippen LogP contribution in [-0.4, -0.2) is 63.8 Å². The molecule has 27 heavy (non-hydrogen) atoms. The highest BCUT2D eigenvalue weighted by Crippen LogP contribution is 2.28. The molecule has 1 fully saturated rings. The fourth-order valence-corrected chi connectivity index (χ4v) is 4.98. The molecule has 1 aromatic rings. The summed E-state index contributed by atoms with van der Waals surface area (Å²) in [5, 5.41) is 3.01. The quantitative estimate of drug-likeness (QED) is 0.771. The van der Waals surface area contributed by atoms with Crippen LogP contribution in [0.5, 0.6) is 0 Å². The zero-order valence-electron chi connectivity index (χ0n) is 16.9. The van der Waals surface area contributed by atoms with Gasteiger partial charge in [0.15, 0.2) is 0 Å². The largest absolute Gasteiger partial charge is 0.340 e. The van der Waals surface area contributed by atoms with Crippen molar-refractivity contribution in [3.8, 4) is 0 Å². The minimum Gasteiger partial charge on any atom is -0.340 e. The molecule has 0 aliphatic carbocycles. The lowest BCUT2D eigenvalue weighted by molar-refractivity contribution is 0.0796. The Labute approximate surface area is 169 Å². The highest BCUT2D eigenvalue weighted by atomic mass is 35.5. The topological polar surface area (TPSA) is 69.7 Å². The van der Waals surface area contributed by atoms with Crippen molar-refractivity contribution in [1.82, 2.24) is 14.5 Å². The summed E-state index contributed by atoms with van der Waals surface area (Å²) in [7, 11) is -0.0240. The number of rotatable bonds is 6. The standard InChI is InChI=1S/C19H31N3O3S.ClH/c1-14-6-9-22(10-7-14)26(24,25)18-13-17(12-15(2)16(18)3)19(23)21(5)11-8-20-4;/h12-14,20H,6-11H2,1-5H3;1H. The van der Waals surface area contributed by atoms with E-state index < -0.39 is 10.0 Å². The predicted molar refractivity (Wildman–Crippen MR) is 111 cm³/mol. The number of hydrogen-bond acceptors (Lipinski definition) is 4. The molecule has 0 atom stereocenters. The Morgan fingerprint density at radius 1 is 1.26 bits per heavy atom. The molecule has 0 bridgehead atoms. The van der Waals surface area contributed by atoms with E-state index in [2.05, 4.69) is 12.2 Å². The van der Waals surface area contributed by atoms with E-state index in [1.807, 2.05) is 20.9 Å². The number of aryl methyl sites for hydroxylation is 1. The van der Waals surface area contributed by atoms with Crippen molar-refractivity contribution in [2.45, 2.75) is 38.5 Å². The molecular weight excluding hydrogens is 386 g/mol. The van der Waals surface area contributed by atoms with E-state index in [0.29, 0.717) is 37.7 Å². The fourth-order valence-electron chi connectivity index (χ4n) is 3.18. The van der Waals surface area contributed by atoms with Gasteiger partial charge >= 0.3 is 0 Å². The number of hydrogen-bond donors (Lipinski definition) is 1. The molecule has 1 aromatic carbocycles. The van der Waals surface area contributed by atoms with Crippen LogP contribution in [-0.2, 0) is 10.0 Å². The van der Waals surface area contributed by atoms with Crippen LogP contribution in [0.2, 0.25) is 0 Å². The summed E-state index contributed by atoms with van der Waals surface area (Å²) in [5.41, 5.74) is 1.97. The first-order valence-corrected chi connectivity index (χ1v) is 10.6. The van der Waals surface area contributed by atoms with Gasteiger partial charge in [-0.2, -0.15) is 4.31 Å². The molecule has 1 amide bonds. The van der Waals surface area contributed by atoms with Gasteiger partial charge in [-0.05, 0) is 62.9 Å². The first kappa shape index (κ1) is 23.9. The third-order valence-corrected chi connectivity index (χ3v) is 7.30. The average Bonchev–Trinajstić information content (AvgIpc) is 2.61.